The number of hydrogen-bond acceptors (Lipinski definition) is 3. The summed E-state index contributed by atoms with van der Waals surface area (Å²) < 4.78 is 0.320. The van der Waals surface area contributed by atoms with Crippen LogP contribution in [0.25, 0.3) is 10.9 Å². The van der Waals surface area contributed by atoms with Crippen molar-refractivity contribution in [1.29, 1.82) is 0 Å². The lowest BCUT2D eigenvalue weighted by atomic mass is 10.3. The van der Waals surface area contributed by atoms with E-state index in [1.165, 1.54) is 0 Å². The first-order valence-corrected chi connectivity index (χ1v) is 3.74. The average Bonchev–Trinajstić information content (AvgIpc) is 2.04. The van der Waals surface area contributed by atoms with Gasteiger partial charge in [-0.15, -0.1) is 0 Å². The van der Waals surface area contributed by atoms with Gasteiger partial charge in [0.25, 0.3) is 5.56 Å². The summed E-state index contributed by atoms with van der Waals surface area (Å²) >= 11 is 4.79. The first-order chi connectivity index (χ1) is 5.77. The Kier molecular flexibility index (Phi) is 1.51. The van der Waals surface area contributed by atoms with Crippen LogP contribution in [-0.2, 0) is 0 Å². The van der Waals surface area contributed by atoms with Crippen LogP contribution in [0.15, 0.2) is 23.3 Å². The Morgan fingerprint density at radius 3 is 3.08 bits per heavy atom. The summed E-state index contributed by atoms with van der Waals surface area (Å²) in [6.07, 6.45) is 3.13. The maximum absolute atomic E-state index is 11.2. The summed E-state index contributed by atoms with van der Waals surface area (Å²) in [7, 11) is 0. The molecule has 0 saturated heterocycles. The molecule has 0 amide bonds. The highest BCUT2D eigenvalue weighted by Gasteiger charge is 1.95. The molecule has 60 valence electrons. The SMILES string of the molecule is O=c1[nH]c(=S)[nH]c2cnccc12. The van der Waals surface area contributed by atoms with Gasteiger partial charge in [0.1, 0.15) is 0 Å². The second-order valence-corrected chi connectivity index (χ2v) is 2.74. The summed E-state index contributed by atoms with van der Waals surface area (Å²) in [4.78, 5) is 20.4. The van der Waals surface area contributed by atoms with Crippen molar-refractivity contribution in [3.63, 3.8) is 0 Å². The predicted octanol–water partition coefficient (Wildman–Crippen LogP) is 0.981. The first kappa shape index (κ1) is 7.17. The molecule has 0 fully saturated rings. The molecule has 2 rings (SSSR count). The van der Waals surface area contributed by atoms with Crippen molar-refractivity contribution in [3.8, 4) is 0 Å². The standard InChI is InChI=1S/C7H5N3OS/c11-6-4-1-2-8-3-5(4)9-7(12)10-6/h1-3H,(H2,9,10,11,12). The highest BCUT2D eigenvalue weighted by Crippen LogP contribution is 2.00. The molecular weight excluding hydrogens is 174 g/mol. The molecule has 5 heteroatoms. The lowest BCUT2D eigenvalue weighted by molar-refractivity contribution is 1.13. The van der Waals surface area contributed by atoms with Crippen molar-refractivity contribution >= 4 is 23.1 Å². The van der Waals surface area contributed by atoms with Gasteiger partial charge in [-0.3, -0.25) is 14.8 Å². The van der Waals surface area contributed by atoms with Crippen molar-refractivity contribution in [2.75, 3.05) is 0 Å². The molecule has 0 radical (unpaired) electrons. The second-order valence-electron chi connectivity index (χ2n) is 2.33. The van der Waals surface area contributed by atoms with E-state index in [9.17, 15) is 4.79 Å². The molecule has 2 N–H and O–H groups in total. The molecule has 0 bridgehead atoms. The molecular formula is C7H5N3OS. The van der Waals surface area contributed by atoms with Crippen molar-refractivity contribution in [2.24, 2.45) is 0 Å². The average molecular weight is 179 g/mol. The van der Waals surface area contributed by atoms with E-state index in [1.54, 1.807) is 18.5 Å². The zero-order valence-corrected chi connectivity index (χ0v) is 6.81. The quantitative estimate of drug-likeness (QED) is 0.592. The fraction of sp³-hybridized carbons (Fsp3) is 0. The third-order valence-corrected chi connectivity index (χ3v) is 1.75. The molecule has 2 heterocycles. The smallest absolute Gasteiger partial charge is 0.259 e. The first-order valence-electron chi connectivity index (χ1n) is 3.34. The highest BCUT2D eigenvalue weighted by atomic mass is 32.1. The number of nitrogens with one attached hydrogen (secondary N) is 2. The second kappa shape index (κ2) is 2.53. The van der Waals surface area contributed by atoms with Crippen molar-refractivity contribution < 1.29 is 0 Å². The maximum atomic E-state index is 11.2. The number of hydrogen-bond donors (Lipinski definition) is 2. The molecule has 2 aromatic rings. The summed E-state index contributed by atoms with van der Waals surface area (Å²) in [5.41, 5.74) is 0.474. The summed E-state index contributed by atoms with van der Waals surface area (Å²) in [5, 5.41) is 0.568. The molecule has 12 heavy (non-hydrogen) atoms. The van der Waals surface area contributed by atoms with E-state index in [0.29, 0.717) is 15.7 Å². The van der Waals surface area contributed by atoms with E-state index in [2.05, 4.69) is 15.0 Å². The molecule has 4 nitrogen and oxygen atoms in total. The number of aromatic nitrogens is 3. The molecule has 0 aliphatic heterocycles. The van der Waals surface area contributed by atoms with Crippen molar-refractivity contribution in [3.05, 3.63) is 33.6 Å². The van der Waals surface area contributed by atoms with Gasteiger partial charge in [0.2, 0.25) is 0 Å². The monoisotopic (exact) mass is 179 g/mol. The van der Waals surface area contributed by atoms with Crippen LogP contribution in [0, 0.1) is 4.77 Å². The molecule has 0 aliphatic rings. The van der Waals surface area contributed by atoms with E-state index in [1.807, 2.05) is 0 Å². The van der Waals surface area contributed by atoms with Crippen LogP contribution in [0.4, 0.5) is 0 Å². The van der Waals surface area contributed by atoms with Gasteiger partial charge in [-0.25, -0.2) is 0 Å². The molecule has 0 unspecified atom stereocenters. The fourth-order valence-electron chi connectivity index (χ4n) is 1.02. The van der Waals surface area contributed by atoms with E-state index in [-0.39, 0.29) is 5.56 Å². The Bertz CT molecular complexity index is 528. The maximum Gasteiger partial charge on any atom is 0.259 e. The van der Waals surface area contributed by atoms with Crippen LogP contribution in [0.1, 0.15) is 0 Å². The molecule has 2 aromatic heterocycles. The Morgan fingerprint density at radius 2 is 2.25 bits per heavy atom. The van der Waals surface area contributed by atoms with Crippen molar-refractivity contribution in [2.45, 2.75) is 0 Å². The predicted molar refractivity (Wildman–Crippen MR) is 47.5 cm³/mol. The fourth-order valence-corrected chi connectivity index (χ4v) is 1.22. The third-order valence-electron chi connectivity index (χ3n) is 1.54. The number of fused-ring (bicyclic) bond motifs is 1. The van der Waals surface area contributed by atoms with Crippen LogP contribution in [0.2, 0.25) is 0 Å². The van der Waals surface area contributed by atoms with Gasteiger partial charge >= 0.3 is 0 Å². The van der Waals surface area contributed by atoms with Crippen LogP contribution in [0.5, 0.6) is 0 Å². The Balaban J connectivity index is 3.09. The largest absolute Gasteiger partial charge is 0.330 e. The molecule has 0 aromatic carbocycles. The highest BCUT2D eigenvalue weighted by molar-refractivity contribution is 7.71. The van der Waals surface area contributed by atoms with E-state index >= 15 is 0 Å². The molecule has 0 aliphatic carbocycles. The third kappa shape index (κ3) is 1.04. The number of H-pyrrole nitrogens is 2. The lowest BCUT2D eigenvalue weighted by Gasteiger charge is -1.93. The van der Waals surface area contributed by atoms with Gasteiger partial charge in [-0.05, 0) is 18.3 Å². The molecule has 0 spiro atoms. The van der Waals surface area contributed by atoms with E-state index in [0.717, 1.165) is 0 Å². The zero-order valence-electron chi connectivity index (χ0n) is 6.00. The molecule has 0 saturated carbocycles. The Labute approximate surface area is 72.3 Å². The van der Waals surface area contributed by atoms with Crippen LogP contribution in [-0.4, -0.2) is 15.0 Å². The number of nitrogens with zero attached hydrogens (tertiary/aromatic N) is 1. The zero-order chi connectivity index (χ0) is 8.55. The van der Waals surface area contributed by atoms with Gasteiger partial charge in [-0.2, -0.15) is 0 Å². The van der Waals surface area contributed by atoms with E-state index in [4.69, 9.17) is 12.2 Å². The summed E-state index contributed by atoms with van der Waals surface area (Å²) in [6.45, 7) is 0. The van der Waals surface area contributed by atoms with Gasteiger partial charge in [-0.1, -0.05) is 0 Å². The van der Waals surface area contributed by atoms with Gasteiger partial charge in [0, 0.05) is 6.20 Å². The molecule has 0 atom stereocenters. The minimum Gasteiger partial charge on any atom is -0.330 e. The number of rotatable bonds is 0. The van der Waals surface area contributed by atoms with Crippen LogP contribution < -0.4 is 5.56 Å². The van der Waals surface area contributed by atoms with Gasteiger partial charge in [0.05, 0.1) is 17.1 Å². The number of aromatic amines is 2. The van der Waals surface area contributed by atoms with Gasteiger partial charge < -0.3 is 4.98 Å². The van der Waals surface area contributed by atoms with Gasteiger partial charge in [0.15, 0.2) is 4.77 Å². The van der Waals surface area contributed by atoms with E-state index < -0.39 is 0 Å². The number of pyridine rings is 1. The minimum absolute atomic E-state index is 0.184. The normalized spacial score (nSPS) is 10.3. The van der Waals surface area contributed by atoms with Crippen molar-refractivity contribution in [1.82, 2.24) is 15.0 Å². The lowest BCUT2D eigenvalue weighted by Crippen LogP contribution is -2.07. The van der Waals surface area contributed by atoms with Crippen LogP contribution in [0.3, 0.4) is 0 Å². The Morgan fingerprint density at radius 1 is 1.42 bits per heavy atom. The Hall–Kier alpha value is -1.49. The van der Waals surface area contributed by atoms with Crippen LogP contribution >= 0.6 is 12.2 Å². The topological polar surface area (TPSA) is 61.5 Å². The minimum atomic E-state index is -0.184. The summed E-state index contributed by atoms with van der Waals surface area (Å²) in [6, 6.07) is 1.64. The summed E-state index contributed by atoms with van der Waals surface area (Å²) in [5.74, 6) is 0.